The van der Waals surface area contributed by atoms with Gasteiger partial charge in [-0.1, -0.05) is 25.1 Å². The van der Waals surface area contributed by atoms with Gasteiger partial charge >= 0.3 is 5.97 Å². The summed E-state index contributed by atoms with van der Waals surface area (Å²) in [5, 5.41) is 0.710. The van der Waals surface area contributed by atoms with Crippen LogP contribution in [0, 0.1) is 5.92 Å². The van der Waals surface area contributed by atoms with Gasteiger partial charge in [0.2, 0.25) is 0 Å². The van der Waals surface area contributed by atoms with Gasteiger partial charge in [-0.25, -0.2) is 9.78 Å². The van der Waals surface area contributed by atoms with Crippen LogP contribution in [0.15, 0.2) is 47.1 Å². The van der Waals surface area contributed by atoms with Crippen LogP contribution in [0.2, 0.25) is 0 Å². The monoisotopic (exact) mass is 376 g/mol. The lowest BCUT2D eigenvalue weighted by Crippen LogP contribution is -2.23. The molecular formula is C22H20N2O4. The third kappa shape index (κ3) is 3.41. The molecule has 0 fully saturated rings. The highest BCUT2D eigenvalue weighted by atomic mass is 16.5. The maximum atomic E-state index is 12.9. The minimum atomic E-state index is -0.688. The van der Waals surface area contributed by atoms with E-state index in [1.807, 2.05) is 42.5 Å². The Hall–Kier alpha value is -3.41. The largest absolute Gasteiger partial charge is 0.465 e. The number of fused-ring (bicyclic) bond motifs is 2. The quantitative estimate of drug-likeness (QED) is 0.702. The number of primary amides is 1. The van der Waals surface area contributed by atoms with Gasteiger partial charge in [0.25, 0.3) is 5.91 Å². The molecule has 0 aliphatic heterocycles. The van der Waals surface area contributed by atoms with Crippen molar-refractivity contribution in [3.05, 3.63) is 65.2 Å². The smallest absolute Gasteiger partial charge is 0.339 e. The second-order valence-electron chi connectivity index (χ2n) is 7.07. The van der Waals surface area contributed by atoms with Crippen LogP contribution in [0.5, 0.6) is 0 Å². The third-order valence-corrected chi connectivity index (χ3v) is 4.83. The van der Waals surface area contributed by atoms with Crippen molar-refractivity contribution in [1.82, 2.24) is 4.98 Å². The van der Waals surface area contributed by atoms with Crippen molar-refractivity contribution in [2.45, 2.75) is 19.8 Å². The average molecular weight is 376 g/mol. The Morgan fingerprint density at radius 1 is 1.25 bits per heavy atom. The van der Waals surface area contributed by atoms with E-state index in [9.17, 15) is 9.59 Å². The molecule has 0 bridgehead atoms. The lowest BCUT2D eigenvalue weighted by Gasteiger charge is -2.26. The van der Waals surface area contributed by atoms with E-state index in [1.54, 1.807) is 6.26 Å². The number of hydrogen-bond acceptors (Lipinski definition) is 5. The van der Waals surface area contributed by atoms with Gasteiger partial charge in [-0.15, -0.1) is 0 Å². The Bertz CT molecular complexity index is 1080. The van der Waals surface area contributed by atoms with E-state index in [2.05, 4.69) is 6.92 Å². The third-order valence-electron chi connectivity index (χ3n) is 4.83. The number of carbonyl (C=O) groups excluding carboxylic acids is 2. The number of amides is 1. The van der Waals surface area contributed by atoms with Crippen molar-refractivity contribution in [3.63, 3.8) is 0 Å². The van der Waals surface area contributed by atoms with E-state index in [0.717, 1.165) is 29.0 Å². The number of nitrogens with two attached hydrogens (primary N) is 1. The molecule has 6 nitrogen and oxygen atoms in total. The molecule has 1 aliphatic rings. The number of aromatic nitrogens is 1. The molecule has 1 amide bonds. The van der Waals surface area contributed by atoms with Crippen molar-refractivity contribution in [1.29, 1.82) is 0 Å². The molecule has 6 heteroatoms. The predicted molar refractivity (Wildman–Crippen MR) is 105 cm³/mol. The number of carbonyl (C=O) groups is 2. The number of para-hydroxylation sites is 1. The first-order valence-corrected chi connectivity index (χ1v) is 9.14. The summed E-state index contributed by atoms with van der Waals surface area (Å²) in [7, 11) is 0. The van der Waals surface area contributed by atoms with Crippen molar-refractivity contribution >= 4 is 34.4 Å². The number of nitrogens with zero attached hydrogens (tertiary/aromatic N) is 1. The average Bonchev–Trinajstić information content (AvgIpc) is 3.17. The highest BCUT2D eigenvalue weighted by Crippen LogP contribution is 2.38. The number of allylic oxidation sites excluding steroid dienone is 1. The summed E-state index contributed by atoms with van der Waals surface area (Å²) in [5.74, 6) is -0.185. The van der Waals surface area contributed by atoms with Crippen molar-refractivity contribution in [2.24, 2.45) is 11.7 Å². The highest BCUT2D eigenvalue weighted by molar-refractivity contribution is 6.07. The normalized spacial score (nSPS) is 17.5. The molecule has 142 valence electrons. The fraction of sp³-hybridized carbons (Fsp3) is 0.227. The van der Waals surface area contributed by atoms with Crippen LogP contribution in [0.3, 0.4) is 0 Å². The molecule has 1 unspecified atom stereocenters. The van der Waals surface area contributed by atoms with Crippen LogP contribution >= 0.6 is 0 Å². The van der Waals surface area contributed by atoms with Gasteiger partial charge in [0, 0.05) is 5.39 Å². The van der Waals surface area contributed by atoms with Crippen LogP contribution in [-0.2, 0) is 16.0 Å². The van der Waals surface area contributed by atoms with Crippen LogP contribution in [-0.4, -0.2) is 23.5 Å². The summed E-state index contributed by atoms with van der Waals surface area (Å²) in [5.41, 5.74) is 8.93. The fourth-order valence-electron chi connectivity index (χ4n) is 3.72. The molecule has 0 radical (unpaired) electrons. The second kappa shape index (κ2) is 7.31. The number of benzene rings is 1. The number of esters is 1. The summed E-state index contributed by atoms with van der Waals surface area (Å²) in [6.07, 6.45) is 5.12. The molecular weight excluding hydrogens is 356 g/mol. The Kier molecular flexibility index (Phi) is 4.69. The van der Waals surface area contributed by atoms with E-state index in [-0.39, 0.29) is 0 Å². The number of hydrogen-bond donors (Lipinski definition) is 1. The zero-order valence-electron chi connectivity index (χ0n) is 15.5. The topological polar surface area (TPSA) is 95.4 Å². The zero-order valence-corrected chi connectivity index (χ0v) is 15.5. The van der Waals surface area contributed by atoms with Crippen LogP contribution in [0.1, 0.15) is 40.7 Å². The lowest BCUT2D eigenvalue weighted by molar-refractivity contribution is -0.121. The maximum Gasteiger partial charge on any atom is 0.339 e. The van der Waals surface area contributed by atoms with Gasteiger partial charge < -0.3 is 14.9 Å². The van der Waals surface area contributed by atoms with Crippen LogP contribution in [0.4, 0.5) is 0 Å². The predicted octanol–water partition coefficient (Wildman–Crippen LogP) is 3.59. The minimum absolute atomic E-state index is 0.319. The van der Waals surface area contributed by atoms with Crippen LogP contribution < -0.4 is 5.73 Å². The SMILES string of the molecule is CC1CC(=Cc2ccco2)c2nc3ccccc3c(C(=O)OCC(N)=O)c2C1. The van der Waals surface area contributed by atoms with Gasteiger partial charge in [-0.05, 0) is 54.2 Å². The van der Waals surface area contributed by atoms with Gasteiger partial charge in [0.1, 0.15) is 5.76 Å². The van der Waals surface area contributed by atoms with Gasteiger partial charge in [0.05, 0.1) is 23.0 Å². The van der Waals surface area contributed by atoms with E-state index in [1.165, 1.54) is 0 Å². The molecule has 1 aromatic carbocycles. The van der Waals surface area contributed by atoms with E-state index >= 15 is 0 Å². The highest BCUT2D eigenvalue weighted by Gasteiger charge is 2.29. The maximum absolute atomic E-state index is 12.9. The molecule has 1 atom stereocenters. The molecule has 28 heavy (non-hydrogen) atoms. The number of ether oxygens (including phenoxy) is 1. The minimum Gasteiger partial charge on any atom is -0.465 e. The molecule has 1 aliphatic carbocycles. The Morgan fingerprint density at radius 2 is 2.07 bits per heavy atom. The zero-order chi connectivity index (χ0) is 19.7. The van der Waals surface area contributed by atoms with Crippen LogP contribution in [0.25, 0.3) is 22.6 Å². The molecule has 2 N–H and O–H groups in total. The Labute approximate surface area is 162 Å². The first-order chi connectivity index (χ1) is 13.5. The lowest BCUT2D eigenvalue weighted by atomic mass is 9.81. The molecule has 0 spiro atoms. The first kappa shape index (κ1) is 18.0. The number of furan rings is 1. The molecule has 0 saturated heterocycles. The van der Waals surface area contributed by atoms with Crippen molar-refractivity contribution < 1.29 is 18.7 Å². The first-order valence-electron chi connectivity index (χ1n) is 9.14. The molecule has 0 saturated carbocycles. The van der Waals surface area contributed by atoms with E-state index in [0.29, 0.717) is 28.8 Å². The standard InChI is InChI=1S/C22H20N2O4/c1-13-9-14(11-15-5-4-8-27-15)21-17(10-13)20(22(26)28-12-19(23)25)16-6-2-3-7-18(16)24-21/h2-8,11,13H,9-10,12H2,1H3,(H2,23,25). The molecule has 2 heterocycles. The summed E-state index contributed by atoms with van der Waals surface area (Å²) in [4.78, 5) is 28.8. The van der Waals surface area contributed by atoms with Crippen molar-refractivity contribution in [2.75, 3.05) is 6.61 Å². The van der Waals surface area contributed by atoms with E-state index in [4.69, 9.17) is 19.9 Å². The van der Waals surface area contributed by atoms with E-state index < -0.39 is 18.5 Å². The Morgan fingerprint density at radius 3 is 2.82 bits per heavy atom. The fourth-order valence-corrected chi connectivity index (χ4v) is 3.72. The van der Waals surface area contributed by atoms with Gasteiger partial charge in [0.15, 0.2) is 6.61 Å². The summed E-state index contributed by atoms with van der Waals surface area (Å²) >= 11 is 0. The van der Waals surface area contributed by atoms with Gasteiger partial charge in [-0.2, -0.15) is 0 Å². The molecule has 4 rings (SSSR count). The number of pyridine rings is 1. The number of rotatable bonds is 4. The molecule has 3 aromatic rings. The summed E-state index contributed by atoms with van der Waals surface area (Å²) < 4.78 is 10.6. The van der Waals surface area contributed by atoms with Crippen molar-refractivity contribution in [3.8, 4) is 0 Å². The molecule has 2 aromatic heterocycles. The summed E-state index contributed by atoms with van der Waals surface area (Å²) in [6.45, 7) is 1.68. The second-order valence-corrected chi connectivity index (χ2v) is 7.07. The van der Waals surface area contributed by atoms with Gasteiger partial charge in [-0.3, -0.25) is 4.79 Å². The summed E-state index contributed by atoms with van der Waals surface area (Å²) in [6, 6.07) is 11.2. The Balaban J connectivity index is 1.92.